The Morgan fingerprint density at radius 2 is 2.00 bits per heavy atom. The Hall–Kier alpha value is -0.190. The van der Waals surface area contributed by atoms with Crippen molar-refractivity contribution in [3.05, 3.63) is 0 Å². The molecule has 0 aliphatic rings. The molecule has 0 radical (unpaired) electrons. The topological polar surface area (TPSA) is 38.5 Å². The minimum atomic E-state index is 0.455. The van der Waals surface area contributed by atoms with E-state index in [-0.39, 0.29) is 0 Å². The number of ether oxygens (including phenoxy) is 1. The number of methoxy groups -OCH3 is 1. The zero-order valence-corrected chi connectivity index (χ0v) is 10.4. The summed E-state index contributed by atoms with van der Waals surface area (Å²) in [6.45, 7) is 7.96. The first-order valence-electron chi connectivity index (χ1n) is 5.02. The molecule has 0 heterocycles. The van der Waals surface area contributed by atoms with Crippen LogP contribution in [-0.2, 0) is 4.74 Å². The van der Waals surface area contributed by atoms with E-state index in [9.17, 15) is 0 Å². The van der Waals surface area contributed by atoms with Gasteiger partial charge in [-0.05, 0) is 27.2 Å². The predicted octanol–water partition coefficient (Wildman–Crippen LogP) is 1.41. The van der Waals surface area contributed by atoms with E-state index in [1.54, 1.807) is 7.11 Å². The molecule has 2 N–H and O–H groups in total. The minimum absolute atomic E-state index is 0.455. The molecule has 0 saturated carbocycles. The van der Waals surface area contributed by atoms with Crippen molar-refractivity contribution in [1.29, 1.82) is 0 Å². The van der Waals surface area contributed by atoms with Crippen LogP contribution in [0, 0.1) is 0 Å². The average molecular weight is 218 g/mol. The van der Waals surface area contributed by atoms with Crippen LogP contribution in [0.4, 0.5) is 0 Å². The molecule has 0 aromatic carbocycles. The summed E-state index contributed by atoms with van der Waals surface area (Å²) in [4.78, 5) is 2.85. The SMILES string of the molecule is COCCC(C)N(CC(N)=S)C(C)C. The summed E-state index contributed by atoms with van der Waals surface area (Å²) in [5.41, 5.74) is 5.56. The van der Waals surface area contributed by atoms with Gasteiger partial charge in [-0.2, -0.15) is 0 Å². The maximum absolute atomic E-state index is 5.56. The molecular weight excluding hydrogens is 196 g/mol. The fraction of sp³-hybridized carbons (Fsp3) is 0.900. The van der Waals surface area contributed by atoms with Crippen molar-refractivity contribution in [2.24, 2.45) is 5.73 Å². The smallest absolute Gasteiger partial charge is 0.0870 e. The number of hydrogen-bond donors (Lipinski definition) is 1. The second-order valence-electron chi connectivity index (χ2n) is 3.86. The lowest BCUT2D eigenvalue weighted by Gasteiger charge is -2.32. The van der Waals surface area contributed by atoms with E-state index in [4.69, 9.17) is 22.7 Å². The molecule has 0 aliphatic carbocycles. The first-order valence-corrected chi connectivity index (χ1v) is 5.42. The van der Waals surface area contributed by atoms with Gasteiger partial charge in [-0.3, -0.25) is 4.90 Å². The van der Waals surface area contributed by atoms with Crippen molar-refractivity contribution >= 4 is 17.2 Å². The Labute approximate surface area is 92.6 Å². The monoisotopic (exact) mass is 218 g/mol. The molecule has 14 heavy (non-hydrogen) atoms. The fourth-order valence-electron chi connectivity index (χ4n) is 1.48. The lowest BCUT2D eigenvalue weighted by Crippen LogP contribution is -2.44. The standard InChI is InChI=1S/C10H22N2OS/c1-8(2)12(7-10(11)14)9(3)5-6-13-4/h8-9H,5-7H2,1-4H3,(H2,11,14). The van der Waals surface area contributed by atoms with E-state index in [0.29, 0.717) is 23.6 Å². The summed E-state index contributed by atoms with van der Waals surface area (Å²) < 4.78 is 5.06. The molecule has 0 bridgehead atoms. The van der Waals surface area contributed by atoms with Crippen LogP contribution in [0.1, 0.15) is 27.2 Å². The highest BCUT2D eigenvalue weighted by atomic mass is 32.1. The van der Waals surface area contributed by atoms with E-state index in [2.05, 4.69) is 25.7 Å². The van der Waals surface area contributed by atoms with Gasteiger partial charge in [0.25, 0.3) is 0 Å². The van der Waals surface area contributed by atoms with Crippen molar-refractivity contribution in [2.75, 3.05) is 20.3 Å². The van der Waals surface area contributed by atoms with Crippen LogP contribution >= 0.6 is 12.2 Å². The summed E-state index contributed by atoms with van der Waals surface area (Å²) in [6, 6.07) is 0.916. The first kappa shape index (κ1) is 13.8. The Morgan fingerprint density at radius 3 is 2.36 bits per heavy atom. The van der Waals surface area contributed by atoms with Crippen molar-refractivity contribution in [3.8, 4) is 0 Å². The van der Waals surface area contributed by atoms with Crippen LogP contribution in [0.15, 0.2) is 0 Å². The lowest BCUT2D eigenvalue weighted by molar-refractivity contribution is 0.129. The van der Waals surface area contributed by atoms with Gasteiger partial charge in [-0.1, -0.05) is 12.2 Å². The third-order valence-corrected chi connectivity index (χ3v) is 2.44. The number of rotatable bonds is 7. The molecule has 0 rings (SSSR count). The molecule has 0 spiro atoms. The molecular formula is C10H22N2OS. The van der Waals surface area contributed by atoms with Crippen LogP contribution in [0.3, 0.4) is 0 Å². The second kappa shape index (κ2) is 7.15. The zero-order valence-electron chi connectivity index (χ0n) is 9.62. The normalized spacial score (nSPS) is 13.6. The number of hydrogen-bond acceptors (Lipinski definition) is 3. The molecule has 3 nitrogen and oxygen atoms in total. The Bertz CT molecular complexity index is 174. The average Bonchev–Trinajstić information content (AvgIpc) is 2.09. The van der Waals surface area contributed by atoms with Crippen molar-refractivity contribution in [1.82, 2.24) is 4.90 Å². The number of thiocarbonyl (C=S) groups is 1. The maximum atomic E-state index is 5.56. The molecule has 0 aromatic rings. The highest BCUT2D eigenvalue weighted by Crippen LogP contribution is 2.08. The second-order valence-corrected chi connectivity index (χ2v) is 4.39. The molecule has 4 heteroatoms. The third-order valence-electron chi connectivity index (χ3n) is 2.31. The van der Waals surface area contributed by atoms with Gasteiger partial charge in [0.15, 0.2) is 0 Å². The van der Waals surface area contributed by atoms with Gasteiger partial charge in [0.05, 0.1) is 4.99 Å². The van der Waals surface area contributed by atoms with Gasteiger partial charge >= 0.3 is 0 Å². The largest absolute Gasteiger partial charge is 0.392 e. The highest BCUT2D eigenvalue weighted by molar-refractivity contribution is 7.80. The van der Waals surface area contributed by atoms with Crippen LogP contribution in [-0.4, -0.2) is 42.2 Å². The zero-order chi connectivity index (χ0) is 11.1. The molecule has 0 aromatic heterocycles. The van der Waals surface area contributed by atoms with Gasteiger partial charge in [-0.25, -0.2) is 0 Å². The van der Waals surface area contributed by atoms with E-state index < -0.39 is 0 Å². The molecule has 84 valence electrons. The van der Waals surface area contributed by atoms with E-state index in [1.807, 2.05) is 0 Å². The minimum Gasteiger partial charge on any atom is -0.392 e. The van der Waals surface area contributed by atoms with Crippen LogP contribution < -0.4 is 5.73 Å². The molecule has 0 saturated heterocycles. The quantitative estimate of drug-likeness (QED) is 0.656. The summed E-state index contributed by atoms with van der Waals surface area (Å²) >= 11 is 4.93. The van der Waals surface area contributed by atoms with E-state index in [1.165, 1.54) is 0 Å². The Kier molecular flexibility index (Phi) is 7.05. The van der Waals surface area contributed by atoms with Crippen LogP contribution in [0.25, 0.3) is 0 Å². The molecule has 0 amide bonds. The number of nitrogens with zero attached hydrogens (tertiary/aromatic N) is 1. The highest BCUT2D eigenvalue weighted by Gasteiger charge is 2.17. The van der Waals surface area contributed by atoms with Crippen LogP contribution in [0.2, 0.25) is 0 Å². The predicted molar refractivity (Wildman–Crippen MR) is 64.6 cm³/mol. The lowest BCUT2D eigenvalue weighted by atomic mass is 10.1. The summed E-state index contributed by atoms with van der Waals surface area (Å²) in [5, 5.41) is 0. The third kappa shape index (κ3) is 5.52. The van der Waals surface area contributed by atoms with E-state index >= 15 is 0 Å². The van der Waals surface area contributed by atoms with Gasteiger partial charge in [0.1, 0.15) is 0 Å². The Morgan fingerprint density at radius 1 is 1.43 bits per heavy atom. The van der Waals surface area contributed by atoms with Crippen LogP contribution in [0.5, 0.6) is 0 Å². The number of nitrogens with two attached hydrogens (primary N) is 1. The first-order chi connectivity index (χ1) is 6.49. The van der Waals surface area contributed by atoms with Gasteiger partial charge in [-0.15, -0.1) is 0 Å². The van der Waals surface area contributed by atoms with Crippen molar-refractivity contribution < 1.29 is 4.74 Å². The molecule has 1 atom stereocenters. The van der Waals surface area contributed by atoms with Gasteiger partial charge < -0.3 is 10.5 Å². The van der Waals surface area contributed by atoms with Crippen molar-refractivity contribution in [3.63, 3.8) is 0 Å². The van der Waals surface area contributed by atoms with Gasteiger partial charge in [0, 0.05) is 32.3 Å². The maximum Gasteiger partial charge on any atom is 0.0870 e. The van der Waals surface area contributed by atoms with E-state index in [0.717, 1.165) is 13.0 Å². The van der Waals surface area contributed by atoms with Crippen molar-refractivity contribution in [2.45, 2.75) is 39.3 Å². The molecule has 0 aliphatic heterocycles. The Balaban J connectivity index is 4.11. The fourth-order valence-corrected chi connectivity index (χ4v) is 1.63. The molecule has 0 fully saturated rings. The van der Waals surface area contributed by atoms with Gasteiger partial charge in [0.2, 0.25) is 0 Å². The summed E-state index contributed by atoms with van der Waals surface area (Å²) in [7, 11) is 1.72. The summed E-state index contributed by atoms with van der Waals surface area (Å²) in [6.07, 6.45) is 1.01. The summed E-state index contributed by atoms with van der Waals surface area (Å²) in [5.74, 6) is 0. The molecule has 1 unspecified atom stereocenters.